The molecule has 4 aromatic carbocycles. The number of benzene rings is 4. The van der Waals surface area contributed by atoms with Gasteiger partial charge in [-0.15, -0.1) is 0 Å². The van der Waals surface area contributed by atoms with Crippen molar-refractivity contribution in [3.63, 3.8) is 0 Å². The third kappa shape index (κ3) is 17.2. The fraction of sp³-hybridized carbons (Fsp3) is 0.169. The van der Waals surface area contributed by atoms with Gasteiger partial charge in [0.2, 0.25) is 29.5 Å². The summed E-state index contributed by atoms with van der Waals surface area (Å²) in [6.45, 7) is 10.8. The monoisotopic (exact) mass is 1480 g/mol. The second-order valence-corrected chi connectivity index (χ2v) is 25.7. The molecule has 0 bridgehead atoms. The molecule has 20 rings (SSSR count). The number of rotatable bonds is 6. The zero-order chi connectivity index (χ0) is 75.1. The standard InChI is InChI=1S/2C18H14F2N2O.3C12H11N3O.C11H10N4O/c2*1-11-2-3-12-4-5-13-9-22(10-23-18(13)17(12)21-11)14-6-7-15(19)16(20)8-14;1-3-10-8-15(9-16-12(10)14-6-1)11-4-2-5-13-7-11;2*1-2-10-8-15(9-16-12(10)14-5-1)11-3-6-13-7-4-11;1-3-9-7-15(8-16-10(9)12-4-1)11-13-5-2-6-14-11/h2*2-8H,9-10H2,1H3;3*1-7H,8-9H2;1-6H,7-8H2. The van der Waals surface area contributed by atoms with E-state index in [1.807, 2.05) is 168 Å². The highest BCUT2D eigenvalue weighted by atomic mass is 19.2. The zero-order valence-electron chi connectivity index (χ0n) is 59.7. The summed E-state index contributed by atoms with van der Waals surface area (Å²) < 4.78 is 87.1. The molecule has 0 radical (unpaired) electrons. The number of hydrogen-bond acceptors (Lipinski definition) is 23. The van der Waals surface area contributed by atoms with Crippen molar-refractivity contribution in [2.45, 2.75) is 53.1 Å². The van der Waals surface area contributed by atoms with Gasteiger partial charge in [0.05, 0.1) is 38.1 Å². The number of hydrogen-bond donors (Lipinski definition) is 0. The Morgan fingerprint density at radius 3 is 1.05 bits per heavy atom. The molecule has 0 aliphatic carbocycles. The number of ether oxygens (including phenoxy) is 6. The van der Waals surface area contributed by atoms with Crippen LogP contribution in [0.25, 0.3) is 21.8 Å². The van der Waals surface area contributed by atoms with Gasteiger partial charge in [-0.05, 0) is 117 Å². The van der Waals surface area contributed by atoms with Crippen LogP contribution < -0.4 is 57.8 Å². The minimum absolute atomic E-state index is 0.271. The van der Waals surface area contributed by atoms with Crippen LogP contribution in [0.1, 0.15) is 44.8 Å². The molecule has 0 spiro atoms. The highest BCUT2D eigenvalue weighted by Gasteiger charge is 2.26. The second kappa shape index (κ2) is 33.7. The summed E-state index contributed by atoms with van der Waals surface area (Å²) in [6.07, 6.45) is 21.2. The Labute approximate surface area is 630 Å². The first-order chi connectivity index (χ1) is 54.0. The SMILES string of the molecule is Cc1ccc2ccc3c(c2n1)OCN(c1ccc(F)c(F)c1)C3.Cc1ccc2ccc3c(c2n1)OCN(c1ccc(F)c(F)c1)C3.c1cnc(N2COc3ncccc3C2)nc1.c1cnc2c(c1)CN(c1ccncc1)CO2.c1cnc2c(c1)CN(c1ccncc1)CO2.c1cncc(N2COc3ncccc3C2)c1. The molecule has 0 atom stereocenters. The van der Waals surface area contributed by atoms with Crippen molar-refractivity contribution >= 4 is 56.2 Å². The van der Waals surface area contributed by atoms with Gasteiger partial charge in [-0.2, -0.15) is 0 Å². The normalized spacial score (nSPS) is 14.0. The van der Waals surface area contributed by atoms with E-state index in [0.29, 0.717) is 63.2 Å². The molecule has 0 N–H and O–H groups in total. The Balaban J connectivity index is 0.000000106. The largest absolute Gasteiger partial charge is 0.470 e. The van der Waals surface area contributed by atoms with Crippen molar-refractivity contribution in [3.05, 3.63) is 318 Å². The van der Waals surface area contributed by atoms with E-state index in [2.05, 4.69) is 69.5 Å². The van der Waals surface area contributed by atoms with E-state index < -0.39 is 23.3 Å². The van der Waals surface area contributed by atoms with Crippen LogP contribution in [0.2, 0.25) is 0 Å². The second-order valence-electron chi connectivity index (χ2n) is 25.7. The summed E-state index contributed by atoms with van der Waals surface area (Å²) in [7, 11) is 0. The van der Waals surface area contributed by atoms with Gasteiger partial charge >= 0.3 is 0 Å². The van der Waals surface area contributed by atoms with Gasteiger partial charge in [-0.3, -0.25) is 15.0 Å². The molecular weight excluding hydrogens is 1410 g/mol. The van der Waals surface area contributed by atoms with Gasteiger partial charge < -0.3 is 57.8 Å². The minimum atomic E-state index is -0.857. The zero-order valence-corrected chi connectivity index (χ0v) is 59.7. The van der Waals surface area contributed by atoms with Crippen LogP contribution >= 0.6 is 0 Å². The maximum absolute atomic E-state index is 13.4. The number of pyridine rings is 9. The smallest absolute Gasteiger partial charge is 0.228 e. The number of fused-ring (bicyclic) bond motifs is 10. The van der Waals surface area contributed by atoms with E-state index in [4.69, 9.17) is 28.4 Å². The lowest BCUT2D eigenvalue weighted by atomic mass is 10.1. The third-order valence-corrected chi connectivity index (χ3v) is 18.2. The van der Waals surface area contributed by atoms with E-state index in [-0.39, 0.29) is 13.5 Å². The summed E-state index contributed by atoms with van der Waals surface area (Å²) >= 11 is 0. The maximum atomic E-state index is 13.4. The lowest BCUT2D eigenvalue weighted by molar-refractivity contribution is 0.275. The third-order valence-electron chi connectivity index (χ3n) is 18.2. The predicted molar refractivity (Wildman–Crippen MR) is 407 cm³/mol. The molecule has 10 aromatic heterocycles. The van der Waals surface area contributed by atoms with Crippen molar-refractivity contribution < 1.29 is 46.0 Å². The Hall–Kier alpha value is -13.9. The Kier molecular flexibility index (Phi) is 22.0. The van der Waals surface area contributed by atoms with Crippen molar-refractivity contribution in [2.75, 3.05) is 69.8 Å². The molecule has 16 heterocycles. The molecule has 6 aliphatic heterocycles. The Morgan fingerprint density at radius 1 is 0.282 bits per heavy atom. The van der Waals surface area contributed by atoms with Crippen LogP contribution in [0.3, 0.4) is 0 Å². The van der Waals surface area contributed by atoms with Crippen LogP contribution in [0.15, 0.2) is 250 Å². The summed E-state index contributed by atoms with van der Waals surface area (Å²) in [5.41, 5.74) is 14.4. The minimum Gasteiger partial charge on any atom is -0.470 e. The molecule has 0 saturated carbocycles. The van der Waals surface area contributed by atoms with Crippen LogP contribution in [-0.4, -0.2) is 95.2 Å². The average molecular weight is 1480 g/mol. The first-order valence-corrected chi connectivity index (χ1v) is 35.1. The first-order valence-electron chi connectivity index (χ1n) is 35.1. The Morgan fingerprint density at radius 2 is 0.636 bits per heavy atom. The molecule has 0 fully saturated rings. The molecule has 110 heavy (non-hydrogen) atoms. The fourth-order valence-electron chi connectivity index (χ4n) is 12.6. The van der Waals surface area contributed by atoms with E-state index in [9.17, 15) is 17.6 Å². The van der Waals surface area contributed by atoms with Gasteiger partial charge in [-0.25, -0.2) is 57.4 Å². The average Bonchev–Trinajstić information content (AvgIpc) is 0.779. The number of aromatic nitrogens is 11. The number of anilines is 6. The summed E-state index contributed by atoms with van der Waals surface area (Å²) in [4.78, 5) is 58.4. The van der Waals surface area contributed by atoms with Gasteiger partial charge in [0, 0.05) is 172 Å². The molecule has 0 amide bonds. The topological polar surface area (TPSA) is 217 Å². The number of nitrogens with zero attached hydrogens (tertiary/aromatic N) is 17. The van der Waals surface area contributed by atoms with E-state index in [1.54, 1.807) is 86.4 Å². The van der Waals surface area contributed by atoms with E-state index in [1.165, 1.54) is 12.1 Å². The lowest BCUT2D eigenvalue weighted by Crippen LogP contribution is -2.33. The number of aryl methyl sites for hydroxylation is 2. The molecule has 0 saturated heterocycles. The predicted octanol–water partition coefficient (Wildman–Crippen LogP) is 15.1. The fourth-order valence-corrected chi connectivity index (χ4v) is 12.6. The lowest BCUT2D eigenvalue weighted by Gasteiger charge is -2.31. The molecular formula is C83H71F4N17O6. The van der Waals surface area contributed by atoms with Crippen LogP contribution in [0.5, 0.6) is 35.0 Å². The van der Waals surface area contributed by atoms with Gasteiger partial charge in [0.25, 0.3) is 0 Å². The van der Waals surface area contributed by atoms with Gasteiger partial charge in [-0.1, -0.05) is 60.7 Å². The van der Waals surface area contributed by atoms with Crippen molar-refractivity contribution in [1.29, 1.82) is 0 Å². The van der Waals surface area contributed by atoms with Crippen LogP contribution in [-0.2, 0) is 39.3 Å². The maximum Gasteiger partial charge on any atom is 0.228 e. The summed E-state index contributed by atoms with van der Waals surface area (Å²) in [5, 5.41) is 2.05. The summed E-state index contributed by atoms with van der Waals surface area (Å²) in [5.74, 6) is 1.73. The molecule has 27 heteroatoms. The molecule has 0 unspecified atom stereocenters. The number of halogens is 4. The van der Waals surface area contributed by atoms with Crippen molar-refractivity contribution in [2.24, 2.45) is 0 Å². The molecule has 552 valence electrons. The molecule has 6 aliphatic rings. The Bertz CT molecular complexity index is 4970. The highest BCUT2D eigenvalue weighted by Crippen LogP contribution is 2.38. The van der Waals surface area contributed by atoms with E-state index >= 15 is 0 Å². The molecule has 14 aromatic rings. The quantitative estimate of drug-likeness (QED) is 0.141. The van der Waals surface area contributed by atoms with Crippen LogP contribution in [0.4, 0.5) is 51.9 Å². The van der Waals surface area contributed by atoms with Gasteiger partial charge in [0.1, 0.15) is 11.0 Å². The van der Waals surface area contributed by atoms with Gasteiger partial charge in [0.15, 0.2) is 75.2 Å². The first kappa shape index (κ1) is 71.7. The van der Waals surface area contributed by atoms with Crippen molar-refractivity contribution in [1.82, 2.24) is 54.8 Å². The van der Waals surface area contributed by atoms with Crippen molar-refractivity contribution in [3.8, 4) is 35.0 Å². The van der Waals surface area contributed by atoms with Crippen LogP contribution in [0, 0.1) is 37.1 Å². The van der Waals surface area contributed by atoms with E-state index in [0.717, 1.165) is 151 Å². The highest BCUT2D eigenvalue weighted by molar-refractivity contribution is 5.87. The summed E-state index contributed by atoms with van der Waals surface area (Å²) in [6, 6.07) is 53.1. The molecule has 23 nitrogen and oxygen atoms in total.